The molecule has 1 saturated heterocycles. The van der Waals surface area contributed by atoms with E-state index in [0.29, 0.717) is 10.5 Å². The monoisotopic (exact) mass is 299 g/mol. The summed E-state index contributed by atoms with van der Waals surface area (Å²) in [6.07, 6.45) is 5.00. The Balaban J connectivity index is 2.08. The van der Waals surface area contributed by atoms with Crippen molar-refractivity contribution in [3.8, 4) is 12.3 Å². The smallest absolute Gasteiger partial charge is 0.335 e. The molecule has 7 nitrogen and oxygen atoms in total. The Labute approximate surface area is 126 Å². The molecule has 0 bridgehead atoms. The van der Waals surface area contributed by atoms with Crippen molar-refractivity contribution in [3.05, 3.63) is 35.9 Å². The summed E-state index contributed by atoms with van der Waals surface area (Å²) in [6.45, 7) is -0.570. The fourth-order valence-corrected chi connectivity index (χ4v) is 1.94. The largest absolute Gasteiger partial charge is 0.344 e. The molecule has 0 aliphatic carbocycles. The molecular formula is C15H13N3O4. The molecule has 2 rings (SSSR count). The van der Waals surface area contributed by atoms with Crippen LogP contribution in [0.4, 0.5) is 4.79 Å². The Bertz CT molecular complexity index is 663. The quantitative estimate of drug-likeness (QED) is 0.460. The Morgan fingerprint density at radius 2 is 1.73 bits per heavy atom. The van der Waals surface area contributed by atoms with Gasteiger partial charge in [-0.3, -0.25) is 19.3 Å². The van der Waals surface area contributed by atoms with Crippen LogP contribution < -0.4 is 5.32 Å². The molecule has 1 aromatic rings. The fraction of sp³-hybridized carbons (Fsp3) is 0.200. The van der Waals surface area contributed by atoms with Crippen molar-refractivity contribution < 1.29 is 19.2 Å². The van der Waals surface area contributed by atoms with Gasteiger partial charge in [0.15, 0.2) is 0 Å². The maximum Gasteiger partial charge on any atom is 0.335 e. The van der Waals surface area contributed by atoms with E-state index in [0.717, 1.165) is 4.90 Å². The van der Waals surface area contributed by atoms with Gasteiger partial charge in [-0.05, 0) is 5.56 Å². The summed E-state index contributed by atoms with van der Waals surface area (Å²) in [6, 6.07) is 7.96. The van der Waals surface area contributed by atoms with Crippen LogP contribution in [0.2, 0.25) is 0 Å². The predicted molar refractivity (Wildman–Crippen MR) is 75.9 cm³/mol. The van der Waals surface area contributed by atoms with Crippen molar-refractivity contribution in [1.29, 1.82) is 0 Å². The molecule has 7 heteroatoms. The van der Waals surface area contributed by atoms with Gasteiger partial charge in [-0.25, -0.2) is 9.69 Å². The number of nitrogens with zero attached hydrogens (tertiary/aromatic N) is 2. The zero-order valence-electron chi connectivity index (χ0n) is 11.6. The van der Waals surface area contributed by atoms with Crippen LogP contribution in [-0.2, 0) is 20.9 Å². The third-order valence-corrected chi connectivity index (χ3v) is 3.01. The summed E-state index contributed by atoms with van der Waals surface area (Å²) in [4.78, 5) is 48.8. The van der Waals surface area contributed by atoms with Gasteiger partial charge >= 0.3 is 17.8 Å². The average molecular weight is 299 g/mol. The number of imide groups is 2. The molecule has 0 aromatic heterocycles. The van der Waals surface area contributed by atoms with Crippen LogP contribution in [0.1, 0.15) is 5.56 Å². The molecule has 22 heavy (non-hydrogen) atoms. The van der Waals surface area contributed by atoms with Gasteiger partial charge in [0.05, 0.1) is 13.1 Å². The van der Waals surface area contributed by atoms with E-state index in [1.807, 2.05) is 0 Å². The van der Waals surface area contributed by atoms with Crippen molar-refractivity contribution in [1.82, 2.24) is 15.1 Å². The van der Waals surface area contributed by atoms with E-state index < -0.39 is 30.3 Å². The fourth-order valence-electron chi connectivity index (χ4n) is 1.94. The summed E-state index contributed by atoms with van der Waals surface area (Å²) in [5, 5.41) is 2.33. The molecule has 1 aromatic carbocycles. The number of terminal acetylenes is 1. The highest BCUT2D eigenvalue weighted by molar-refractivity contribution is 6.44. The minimum Gasteiger partial charge on any atom is -0.344 e. The van der Waals surface area contributed by atoms with E-state index in [9.17, 15) is 19.2 Å². The van der Waals surface area contributed by atoms with E-state index in [1.165, 1.54) is 0 Å². The van der Waals surface area contributed by atoms with Gasteiger partial charge in [0, 0.05) is 0 Å². The first-order valence-corrected chi connectivity index (χ1v) is 6.46. The van der Waals surface area contributed by atoms with Crippen LogP contribution in [0.25, 0.3) is 0 Å². The summed E-state index contributed by atoms with van der Waals surface area (Å²) in [5.41, 5.74) is 0.704. The molecule has 0 unspecified atom stereocenters. The number of hydrogen-bond donors (Lipinski definition) is 1. The molecule has 1 aliphatic rings. The normalized spacial score (nSPS) is 14.2. The number of carbonyl (C=O) groups excluding carboxylic acids is 4. The molecule has 1 N–H and O–H groups in total. The molecule has 1 aliphatic heterocycles. The molecule has 0 saturated carbocycles. The highest BCUT2D eigenvalue weighted by Gasteiger charge is 2.44. The highest BCUT2D eigenvalue weighted by atomic mass is 16.2. The van der Waals surface area contributed by atoms with Crippen molar-refractivity contribution in [2.75, 3.05) is 13.1 Å². The van der Waals surface area contributed by atoms with Crippen molar-refractivity contribution in [2.24, 2.45) is 0 Å². The van der Waals surface area contributed by atoms with Crippen LogP contribution in [0.3, 0.4) is 0 Å². The number of rotatable bonds is 5. The number of urea groups is 1. The molecule has 0 radical (unpaired) electrons. The first-order valence-electron chi connectivity index (χ1n) is 6.46. The number of nitrogens with one attached hydrogen (secondary N) is 1. The van der Waals surface area contributed by atoms with Gasteiger partial charge in [-0.2, -0.15) is 0 Å². The molecule has 112 valence electrons. The van der Waals surface area contributed by atoms with Gasteiger partial charge < -0.3 is 5.32 Å². The van der Waals surface area contributed by atoms with E-state index >= 15 is 0 Å². The number of benzene rings is 1. The lowest BCUT2D eigenvalue weighted by Gasteiger charge is -2.15. The minimum atomic E-state index is -1.02. The SMILES string of the molecule is C#CCNC(=O)CN1C(=O)C(=O)N(Cc2ccccc2)C1=O. The summed E-state index contributed by atoms with van der Waals surface area (Å²) in [7, 11) is 0. The second-order valence-corrected chi connectivity index (χ2v) is 4.53. The lowest BCUT2D eigenvalue weighted by molar-refractivity contribution is -0.144. The molecule has 5 amide bonds. The molecule has 0 atom stereocenters. The zero-order valence-corrected chi connectivity index (χ0v) is 11.6. The zero-order chi connectivity index (χ0) is 16.1. The first kappa shape index (κ1) is 15.3. The molecular weight excluding hydrogens is 286 g/mol. The minimum absolute atomic E-state index is 0.0171. The predicted octanol–water partition coefficient (Wildman–Crippen LogP) is -0.273. The Morgan fingerprint density at radius 3 is 2.36 bits per heavy atom. The van der Waals surface area contributed by atoms with E-state index in [2.05, 4.69) is 11.2 Å². The van der Waals surface area contributed by atoms with Gasteiger partial charge in [0.25, 0.3) is 0 Å². The summed E-state index contributed by atoms with van der Waals surface area (Å²) < 4.78 is 0. The van der Waals surface area contributed by atoms with Crippen LogP contribution in [0.5, 0.6) is 0 Å². The molecule has 0 spiro atoms. The van der Waals surface area contributed by atoms with Gasteiger partial charge in [-0.15, -0.1) is 6.42 Å². The lowest BCUT2D eigenvalue weighted by Crippen LogP contribution is -2.41. The van der Waals surface area contributed by atoms with Crippen molar-refractivity contribution in [2.45, 2.75) is 6.54 Å². The van der Waals surface area contributed by atoms with E-state index in [1.54, 1.807) is 30.3 Å². The average Bonchev–Trinajstić information content (AvgIpc) is 2.72. The number of amides is 5. The first-order chi connectivity index (χ1) is 10.5. The van der Waals surface area contributed by atoms with Crippen LogP contribution in [0, 0.1) is 12.3 Å². The number of carbonyl (C=O) groups is 4. The Morgan fingerprint density at radius 1 is 1.09 bits per heavy atom. The van der Waals surface area contributed by atoms with Crippen LogP contribution >= 0.6 is 0 Å². The van der Waals surface area contributed by atoms with E-state index in [-0.39, 0.29) is 13.1 Å². The maximum atomic E-state index is 12.1. The Kier molecular flexibility index (Phi) is 4.53. The topological polar surface area (TPSA) is 86.8 Å². The molecule has 1 heterocycles. The second-order valence-electron chi connectivity index (χ2n) is 4.53. The maximum absolute atomic E-state index is 12.1. The number of hydrogen-bond acceptors (Lipinski definition) is 4. The third-order valence-electron chi connectivity index (χ3n) is 3.01. The Hall–Kier alpha value is -3.14. The summed E-state index contributed by atoms with van der Waals surface area (Å²) in [5.74, 6) is -0.367. The van der Waals surface area contributed by atoms with E-state index in [4.69, 9.17) is 6.42 Å². The third kappa shape index (κ3) is 3.12. The standard InChI is InChI=1S/C15H13N3O4/c1-2-8-16-12(19)10-18-14(21)13(20)17(15(18)22)9-11-6-4-3-5-7-11/h1,3-7H,8-10H2,(H,16,19). The van der Waals surface area contributed by atoms with Gasteiger partial charge in [-0.1, -0.05) is 36.3 Å². The van der Waals surface area contributed by atoms with Crippen molar-refractivity contribution in [3.63, 3.8) is 0 Å². The van der Waals surface area contributed by atoms with Crippen LogP contribution in [-0.4, -0.2) is 46.6 Å². The lowest BCUT2D eigenvalue weighted by atomic mass is 10.2. The van der Waals surface area contributed by atoms with Crippen LogP contribution in [0.15, 0.2) is 30.3 Å². The highest BCUT2D eigenvalue weighted by Crippen LogP contribution is 2.15. The van der Waals surface area contributed by atoms with Gasteiger partial charge in [0.1, 0.15) is 6.54 Å². The van der Waals surface area contributed by atoms with Crippen molar-refractivity contribution >= 4 is 23.8 Å². The van der Waals surface area contributed by atoms with Gasteiger partial charge in [0.2, 0.25) is 5.91 Å². The molecule has 1 fully saturated rings. The second kappa shape index (κ2) is 6.54. The summed E-state index contributed by atoms with van der Waals surface area (Å²) >= 11 is 0.